The molecule has 1 aromatic heterocycles. The largest absolute Gasteiger partial charge is 0.481 e. The molecule has 0 bridgehead atoms. The van der Waals surface area contributed by atoms with Gasteiger partial charge >= 0.3 is 0 Å². The van der Waals surface area contributed by atoms with Crippen molar-refractivity contribution in [1.29, 1.82) is 0 Å². The molecule has 0 aliphatic carbocycles. The fourth-order valence-electron chi connectivity index (χ4n) is 2.67. The first kappa shape index (κ1) is 17.2. The van der Waals surface area contributed by atoms with Crippen LogP contribution in [-0.4, -0.2) is 17.0 Å². The van der Waals surface area contributed by atoms with E-state index in [1.165, 1.54) is 0 Å². The van der Waals surface area contributed by atoms with Gasteiger partial charge in [-0.25, -0.2) is 0 Å². The van der Waals surface area contributed by atoms with E-state index in [0.717, 1.165) is 22.0 Å². The van der Waals surface area contributed by atoms with Crippen LogP contribution >= 0.6 is 11.6 Å². The number of anilines is 1. The van der Waals surface area contributed by atoms with Gasteiger partial charge in [0.1, 0.15) is 5.75 Å². The van der Waals surface area contributed by atoms with Gasteiger partial charge in [-0.15, -0.1) is 0 Å². The van der Waals surface area contributed by atoms with Gasteiger partial charge in [-0.05, 0) is 56.2 Å². The Kier molecular flexibility index (Phi) is 4.91. The summed E-state index contributed by atoms with van der Waals surface area (Å²) in [6, 6.07) is 13.2. The number of ether oxygens (including phenoxy) is 1. The standard InChI is InChI=1S/C20H19ClN2O2/c1-12-10-16(11-13(2)18(12)21)25-14(3)20(24)23-17-8-4-6-15-7-5-9-22-19(15)17/h4-11,14H,1-3H3,(H,23,24)/t14-/m1/s1. The van der Waals surface area contributed by atoms with Crippen LogP contribution in [0, 0.1) is 13.8 Å². The average molecular weight is 355 g/mol. The fraction of sp³-hybridized carbons (Fsp3) is 0.200. The van der Waals surface area contributed by atoms with E-state index in [4.69, 9.17) is 16.3 Å². The van der Waals surface area contributed by atoms with Crippen molar-refractivity contribution in [2.45, 2.75) is 26.9 Å². The topological polar surface area (TPSA) is 51.2 Å². The normalized spacial score (nSPS) is 12.0. The molecule has 0 unspecified atom stereocenters. The summed E-state index contributed by atoms with van der Waals surface area (Å²) < 4.78 is 5.79. The predicted octanol–water partition coefficient (Wildman–Crippen LogP) is 4.91. The molecule has 128 valence electrons. The van der Waals surface area contributed by atoms with Crippen molar-refractivity contribution in [2.75, 3.05) is 5.32 Å². The van der Waals surface area contributed by atoms with Crippen LogP contribution in [0.3, 0.4) is 0 Å². The summed E-state index contributed by atoms with van der Waals surface area (Å²) in [6.07, 6.45) is 1.05. The van der Waals surface area contributed by atoms with Gasteiger partial charge in [0.15, 0.2) is 6.10 Å². The Labute approximate surface area is 151 Å². The molecule has 0 saturated heterocycles. The molecule has 0 aliphatic rings. The van der Waals surface area contributed by atoms with Crippen LogP contribution in [-0.2, 0) is 4.79 Å². The van der Waals surface area contributed by atoms with Crippen molar-refractivity contribution < 1.29 is 9.53 Å². The van der Waals surface area contributed by atoms with Gasteiger partial charge in [0.25, 0.3) is 5.91 Å². The number of hydrogen-bond acceptors (Lipinski definition) is 3. The van der Waals surface area contributed by atoms with Crippen molar-refractivity contribution in [3.63, 3.8) is 0 Å². The van der Waals surface area contributed by atoms with Crippen molar-refractivity contribution in [1.82, 2.24) is 4.98 Å². The first-order chi connectivity index (χ1) is 12.0. The van der Waals surface area contributed by atoms with E-state index in [1.54, 1.807) is 13.1 Å². The van der Waals surface area contributed by atoms with Crippen LogP contribution in [0.1, 0.15) is 18.1 Å². The molecule has 0 radical (unpaired) electrons. The van der Waals surface area contributed by atoms with E-state index < -0.39 is 6.10 Å². The van der Waals surface area contributed by atoms with E-state index in [1.807, 2.05) is 56.3 Å². The smallest absolute Gasteiger partial charge is 0.265 e. The summed E-state index contributed by atoms with van der Waals surface area (Å²) in [5.74, 6) is 0.390. The van der Waals surface area contributed by atoms with Crippen LogP contribution < -0.4 is 10.1 Å². The van der Waals surface area contributed by atoms with Gasteiger partial charge < -0.3 is 10.1 Å². The zero-order valence-corrected chi connectivity index (χ0v) is 15.1. The maximum absolute atomic E-state index is 12.5. The molecule has 2 aromatic carbocycles. The van der Waals surface area contributed by atoms with Crippen molar-refractivity contribution in [2.24, 2.45) is 0 Å². The highest BCUT2D eigenvalue weighted by molar-refractivity contribution is 6.32. The lowest BCUT2D eigenvalue weighted by atomic mass is 10.1. The molecule has 0 fully saturated rings. The van der Waals surface area contributed by atoms with Gasteiger partial charge in [-0.3, -0.25) is 9.78 Å². The van der Waals surface area contributed by atoms with E-state index >= 15 is 0 Å². The van der Waals surface area contributed by atoms with E-state index in [2.05, 4.69) is 10.3 Å². The Hall–Kier alpha value is -2.59. The summed E-state index contributed by atoms with van der Waals surface area (Å²) in [6.45, 7) is 5.54. The summed E-state index contributed by atoms with van der Waals surface area (Å²) in [4.78, 5) is 16.8. The quantitative estimate of drug-likeness (QED) is 0.724. The van der Waals surface area contributed by atoms with Gasteiger partial charge in [0.2, 0.25) is 0 Å². The zero-order chi connectivity index (χ0) is 18.0. The number of aromatic nitrogens is 1. The van der Waals surface area contributed by atoms with Crippen LogP contribution in [0.25, 0.3) is 10.9 Å². The number of rotatable bonds is 4. The Morgan fingerprint density at radius 3 is 2.56 bits per heavy atom. The van der Waals surface area contributed by atoms with Crippen LogP contribution in [0.4, 0.5) is 5.69 Å². The summed E-state index contributed by atoms with van der Waals surface area (Å²) in [5.41, 5.74) is 3.26. The lowest BCUT2D eigenvalue weighted by Gasteiger charge is -2.16. The molecule has 0 spiro atoms. The monoisotopic (exact) mass is 354 g/mol. The lowest BCUT2D eigenvalue weighted by Crippen LogP contribution is -2.30. The first-order valence-electron chi connectivity index (χ1n) is 8.03. The molecule has 1 heterocycles. The molecular weight excluding hydrogens is 336 g/mol. The molecule has 5 heteroatoms. The number of para-hydroxylation sites is 1. The predicted molar refractivity (Wildman–Crippen MR) is 101 cm³/mol. The number of hydrogen-bond donors (Lipinski definition) is 1. The maximum Gasteiger partial charge on any atom is 0.265 e. The molecule has 25 heavy (non-hydrogen) atoms. The highest BCUT2D eigenvalue weighted by Gasteiger charge is 2.17. The number of fused-ring (bicyclic) bond motifs is 1. The minimum atomic E-state index is -0.654. The molecule has 1 N–H and O–H groups in total. The Bertz CT molecular complexity index is 912. The van der Waals surface area contributed by atoms with Gasteiger partial charge in [-0.2, -0.15) is 0 Å². The van der Waals surface area contributed by atoms with Crippen LogP contribution in [0.5, 0.6) is 5.75 Å². The maximum atomic E-state index is 12.5. The van der Waals surface area contributed by atoms with E-state index in [-0.39, 0.29) is 5.91 Å². The fourth-order valence-corrected chi connectivity index (χ4v) is 2.78. The number of nitrogens with zero attached hydrogens (tertiary/aromatic N) is 1. The Morgan fingerprint density at radius 1 is 1.16 bits per heavy atom. The molecule has 0 saturated carbocycles. The number of halogens is 1. The van der Waals surface area contributed by atoms with Crippen molar-refractivity contribution in [3.8, 4) is 5.75 Å². The van der Waals surface area contributed by atoms with Crippen molar-refractivity contribution >= 4 is 34.1 Å². The molecule has 0 aliphatic heterocycles. The minimum absolute atomic E-state index is 0.233. The second kappa shape index (κ2) is 7.11. The second-order valence-electron chi connectivity index (χ2n) is 6.00. The van der Waals surface area contributed by atoms with E-state index in [0.29, 0.717) is 16.5 Å². The number of pyridine rings is 1. The van der Waals surface area contributed by atoms with Crippen molar-refractivity contribution in [3.05, 3.63) is 64.8 Å². The third-order valence-electron chi connectivity index (χ3n) is 3.98. The number of amides is 1. The van der Waals surface area contributed by atoms with Crippen LogP contribution in [0.15, 0.2) is 48.7 Å². The zero-order valence-electron chi connectivity index (χ0n) is 14.3. The highest BCUT2D eigenvalue weighted by atomic mass is 35.5. The number of carbonyl (C=O) groups excluding carboxylic acids is 1. The molecule has 4 nitrogen and oxygen atoms in total. The highest BCUT2D eigenvalue weighted by Crippen LogP contribution is 2.27. The third kappa shape index (κ3) is 3.74. The SMILES string of the molecule is Cc1cc(O[C@H](C)C(=O)Nc2cccc3cccnc23)cc(C)c1Cl. The number of carbonyl (C=O) groups is 1. The summed E-state index contributed by atoms with van der Waals surface area (Å²) in [5, 5.41) is 4.58. The minimum Gasteiger partial charge on any atom is -0.481 e. The molecular formula is C20H19ClN2O2. The second-order valence-corrected chi connectivity index (χ2v) is 6.38. The molecule has 1 amide bonds. The lowest BCUT2D eigenvalue weighted by molar-refractivity contribution is -0.122. The Balaban J connectivity index is 1.77. The first-order valence-corrected chi connectivity index (χ1v) is 8.41. The summed E-state index contributed by atoms with van der Waals surface area (Å²) >= 11 is 6.17. The number of nitrogens with one attached hydrogen (secondary N) is 1. The van der Waals surface area contributed by atoms with E-state index in [9.17, 15) is 4.79 Å². The van der Waals surface area contributed by atoms with Gasteiger partial charge in [0, 0.05) is 16.6 Å². The van der Waals surface area contributed by atoms with Gasteiger partial charge in [0.05, 0.1) is 11.2 Å². The van der Waals surface area contributed by atoms with Crippen LogP contribution in [0.2, 0.25) is 5.02 Å². The average Bonchev–Trinajstić information content (AvgIpc) is 2.60. The molecule has 3 aromatic rings. The Morgan fingerprint density at radius 2 is 1.84 bits per heavy atom. The molecule has 1 atom stereocenters. The number of aryl methyl sites for hydroxylation is 2. The molecule has 3 rings (SSSR count). The summed E-state index contributed by atoms with van der Waals surface area (Å²) in [7, 11) is 0. The number of benzene rings is 2. The van der Waals surface area contributed by atoms with Gasteiger partial charge in [-0.1, -0.05) is 29.8 Å². The third-order valence-corrected chi connectivity index (χ3v) is 4.58.